The highest BCUT2D eigenvalue weighted by atomic mass is 16.5. The third-order valence-electron chi connectivity index (χ3n) is 4.06. The molecule has 0 aliphatic carbocycles. The van der Waals surface area contributed by atoms with E-state index in [-0.39, 0.29) is 18.1 Å². The van der Waals surface area contributed by atoms with Crippen molar-refractivity contribution < 1.29 is 14.3 Å². The van der Waals surface area contributed by atoms with Crippen molar-refractivity contribution in [1.82, 2.24) is 20.1 Å². The molecule has 3 rings (SSSR count). The molecule has 1 aliphatic heterocycles. The Balaban J connectivity index is 1.44. The number of amides is 1. The molecule has 0 unspecified atom stereocenters. The first-order valence-corrected chi connectivity index (χ1v) is 8.17. The number of aromatic nitrogens is 3. The average Bonchev–Trinajstić information content (AvgIpc) is 3.31. The largest absolute Gasteiger partial charge is 0.491 e. The normalized spacial score (nSPS) is 18.3. The Kier molecular flexibility index (Phi) is 5.43. The summed E-state index contributed by atoms with van der Waals surface area (Å²) < 4.78 is 12.8. The minimum Gasteiger partial charge on any atom is -0.491 e. The topological polar surface area (TPSA) is 78.3 Å². The Labute approximate surface area is 141 Å². The van der Waals surface area contributed by atoms with Crippen molar-refractivity contribution in [2.24, 2.45) is 0 Å². The maximum absolute atomic E-state index is 12.1. The fourth-order valence-corrected chi connectivity index (χ4v) is 2.54. The summed E-state index contributed by atoms with van der Waals surface area (Å²) in [6.07, 6.45) is 5.33. The van der Waals surface area contributed by atoms with E-state index in [4.69, 9.17) is 9.47 Å². The lowest BCUT2D eigenvalue weighted by Gasteiger charge is -2.13. The molecular formula is C17H22N4O3. The Hall–Kier alpha value is -2.41. The van der Waals surface area contributed by atoms with Crippen molar-refractivity contribution in [2.45, 2.75) is 38.5 Å². The minimum atomic E-state index is -0.387. The number of nitrogens with zero attached hydrogens (tertiary/aromatic N) is 3. The van der Waals surface area contributed by atoms with Crippen LogP contribution in [0.15, 0.2) is 36.9 Å². The van der Waals surface area contributed by atoms with Gasteiger partial charge in [-0.2, -0.15) is 5.10 Å². The second kappa shape index (κ2) is 7.92. The summed E-state index contributed by atoms with van der Waals surface area (Å²) in [6, 6.07) is 7.34. The van der Waals surface area contributed by atoms with Gasteiger partial charge < -0.3 is 14.8 Å². The van der Waals surface area contributed by atoms with Crippen LogP contribution in [0.1, 0.15) is 31.4 Å². The Bertz CT molecular complexity index is 636. The van der Waals surface area contributed by atoms with Crippen molar-refractivity contribution in [3.8, 4) is 5.75 Å². The molecule has 128 valence electrons. The van der Waals surface area contributed by atoms with Crippen LogP contribution in [0.4, 0.5) is 0 Å². The van der Waals surface area contributed by atoms with Gasteiger partial charge in [-0.25, -0.2) is 9.67 Å². The highest BCUT2D eigenvalue weighted by Crippen LogP contribution is 2.16. The SMILES string of the molecule is C[C@H](C(=O)NCc1ccc(OC[C@@H]2CCCO2)cc1)n1cncn1. The number of hydrogen-bond donors (Lipinski definition) is 1. The van der Waals surface area contributed by atoms with Gasteiger partial charge in [0.25, 0.3) is 0 Å². The van der Waals surface area contributed by atoms with Crippen LogP contribution in [-0.4, -0.2) is 40.0 Å². The summed E-state index contributed by atoms with van der Waals surface area (Å²) in [6.45, 7) is 3.67. The number of carbonyl (C=O) groups excluding carboxylic acids is 1. The molecule has 24 heavy (non-hydrogen) atoms. The van der Waals surface area contributed by atoms with Crippen LogP contribution < -0.4 is 10.1 Å². The van der Waals surface area contributed by atoms with E-state index in [9.17, 15) is 4.79 Å². The summed E-state index contributed by atoms with van der Waals surface area (Å²) in [5, 5.41) is 6.87. The van der Waals surface area contributed by atoms with Gasteiger partial charge in [0.05, 0.1) is 6.10 Å². The molecule has 1 fully saturated rings. The molecule has 0 saturated carbocycles. The van der Waals surface area contributed by atoms with Gasteiger partial charge in [-0.3, -0.25) is 4.79 Å². The molecule has 7 heteroatoms. The summed E-state index contributed by atoms with van der Waals surface area (Å²) >= 11 is 0. The van der Waals surface area contributed by atoms with Gasteiger partial charge in [0.15, 0.2) is 0 Å². The molecule has 0 radical (unpaired) electrons. The van der Waals surface area contributed by atoms with Crippen LogP contribution in [0.2, 0.25) is 0 Å². The highest BCUT2D eigenvalue weighted by Gasteiger charge is 2.16. The summed E-state index contributed by atoms with van der Waals surface area (Å²) in [5.41, 5.74) is 1.01. The van der Waals surface area contributed by atoms with Crippen LogP contribution >= 0.6 is 0 Å². The zero-order valence-electron chi connectivity index (χ0n) is 13.7. The van der Waals surface area contributed by atoms with Crippen molar-refractivity contribution >= 4 is 5.91 Å². The van der Waals surface area contributed by atoms with E-state index in [0.29, 0.717) is 13.2 Å². The van der Waals surface area contributed by atoms with Crippen molar-refractivity contribution in [1.29, 1.82) is 0 Å². The molecule has 2 heterocycles. The van der Waals surface area contributed by atoms with Gasteiger partial charge in [-0.05, 0) is 37.5 Å². The Morgan fingerprint density at radius 3 is 2.96 bits per heavy atom. The van der Waals surface area contributed by atoms with Gasteiger partial charge in [0, 0.05) is 13.2 Å². The number of hydrogen-bond acceptors (Lipinski definition) is 5. The van der Waals surface area contributed by atoms with Crippen LogP contribution in [0.5, 0.6) is 5.75 Å². The molecule has 1 N–H and O–H groups in total. The predicted molar refractivity (Wildman–Crippen MR) is 87.5 cm³/mol. The van der Waals surface area contributed by atoms with Crippen LogP contribution in [-0.2, 0) is 16.1 Å². The van der Waals surface area contributed by atoms with Gasteiger partial charge in [0.1, 0.15) is 31.1 Å². The lowest BCUT2D eigenvalue weighted by molar-refractivity contribution is -0.124. The van der Waals surface area contributed by atoms with Gasteiger partial charge in [0.2, 0.25) is 5.91 Å². The Morgan fingerprint density at radius 1 is 1.46 bits per heavy atom. The maximum atomic E-state index is 12.1. The number of ether oxygens (including phenoxy) is 2. The molecular weight excluding hydrogens is 308 g/mol. The zero-order chi connectivity index (χ0) is 16.8. The molecule has 1 saturated heterocycles. The van der Waals surface area contributed by atoms with E-state index >= 15 is 0 Å². The first-order chi connectivity index (χ1) is 11.7. The number of carbonyl (C=O) groups is 1. The second-order valence-corrected chi connectivity index (χ2v) is 5.86. The van der Waals surface area contributed by atoms with E-state index in [1.54, 1.807) is 6.92 Å². The molecule has 2 atom stereocenters. The van der Waals surface area contributed by atoms with Gasteiger partial charge >= 0.3 is 0 Å². The summed E-state index contributed by atoms with van der Waals surface area (Å²) in [7, 11) is 0. The highest BCUT2D eigenvalue weighted by molar-refractivity contribution is 5.79. The fraction of sp³-hybridized carbons (Fsp3) is 0.471. The van der Waals surface area contributed by atoms with Crippen molar-refractivity contribution in [2.75, 3.05) is 13.2 Å². The zero-order valence-corrected chi connectivity index (χ0v) is 13.7. The van der Waals surface area contributed by atoms with Crippen LogP contribution in [0, 0.1) is 0 Å². The van der Waals surface area contributed by atoms with E-state index in [0.717, 1.165) is 30.8 Å². The molecule has 1 aliphatic rings. The quantitative estimate of drug-likeness (QED) is 0.836. The third kappa shape index (κ3) is 4.32. The fourth-order valence-electron chi connectivity index (χ4n) is 2.54. The van der Waals surface area contributed by atoms with Crippen LogP contribution in [0.25, 0.3) is 0 Å². The maximum Gasteiger partial charge on any atom is 0.244 e. The molecule has 2 aromatic rings. The smallest absolute Gasteiger partial charge is 0.244 e. The van der Waals surface area contributed by atoms with E-state index < -0.39 is 0 Å². The first-order valence-electron chi connectivity index (χ1n) is 8.17. The summed E-state index contributed by atoms with van der Waals surface area (Å²) in [5.74, 6) is 0.718. The molecule has 0 spiro atoms. The monoisotopic (exact) mass is 330 g/mol. The van der Waals surface area contributed by atoms with Crippen molar-refractivity contribution in [3.63, 3.8) is 0 Å². The first kappa shape index (κ1) is 16.4. The predicted octanol–water partition coefficient (Wildman–Crippen LogP) is 1.71. The van der Waals surface area contributed by atoms with Gasteiger partial charge in [-0.15, -0.1) is 0 Å². The summed E-state index contributed by atoms with van der Waals surface area (Å²) in [4.78, 5) is 15.9. The average molecular weight is 330 g/mol. The van der Waals surface area contributed by atoms with Crippen LogP contribution in [0.3, 0.4) is 0 Å². The lowest BCUT2D eigenvalue weighted by Crippen LogP contribution is -2.30. The van der Waals surface area contributed by atoms with Crippen molar-refractivity contribution in [3.05, 3.63) is 42.5 Å². The van der Waals surface area contributed by atoms with E-state index in [1.807, 2.05) is 24.3 Å². The lowest BCUT2D eigenvalue weighted by atomic mass is 10.2. The molecule has 1 aromatic carbocycles. The Morgan fingerprint density at radius 2 is 2.29 bits per heavy atom. The van der Waals surface area contributed by atoms with E-state index in [1.165, 1.54) is 17.3 Å². The molecule has 1 aromatic heterocycles. The van der Waals surface area contributed by atoms with E-state index in [2.05, 4.69) is 15.4 Å². The minimum absolute atomic E-state index is 0.0980. The molecule has 1 amide bonds. The second-order valence-electron chi connectivity index (χ2n) is 5.86. The molecule has 7 nitrogen and oxygen atoms in total. The molecule has 0 bridgehead atoms. The third-order valence-corrected chi connectivity index (χ3v) is 4.06. The van der Waals surface area contributed by atoms with Gasteiger partial charge in [-0.1, -0.05) is 12.1 Å². The number of rotatable bonds is 7. The standard InChI is InChI=1S/C17H22N4O3/c1-13(21-12-18-11-20-21)17(22)19-9-14-4-6-15(7-5-14)24-10-16-3-2-8-23-16/h4-7,11-13,16H,2-3,8-10H2,1H3,(H,19,22)/t13-,16+/m1/s1. The number of nitrogens with one attached hydrogen (secondary N) is 1. The number of benzene rings is 1.